The van der Waals surface area contributed by atoms with Crippen LogP contribution in [0.2, 0.25) is 0 Å². The number of nitrogens with one attached hydrogen (secondary N) is 1. The van der Waals surface area contributed by atoms with Gasteiger partial charge in [0.2, 0.25) is 0 Å². The molecule has 2 aromatic rings. The molecule has 1 aliphatic carbocycles. The standard InChI is InChI=1S/C24H28N2O3/c1-16-12-17(2)24(15-29-23(27)26-20-9-5-4-6-10-20)14-28-22(21(16)18(24)3)19-8-7-11-25-13-19/h4-13,17-18,21-22H,14-15H2,1-3H3,(H,26,27)/t17-,18-,21+,22-,24-/m0/s1. The van der Waals surface area contributed by atoms with Crippen molar-refractivity contribution in [3.63, 3.8) is 0 Å². The van der Waals surface area contributed by atoms with Crippen LogP contribution in [0.15, 0.2) is 66.5 Å². The predicted octanol–water partition coefficient (Wildman–Crippen LogP) is 5.24. The third-order valence-electron chi connectivity index (χ3n) is 6.75. The summed E-state index contributed by atoms with van der Waals surface area (Å²) >= 11 is 0. The van der Waals surface area contributed by atoms with Gasteiger partial charge in [-0.2, -0.15) is 0 Å². The molecule has 0 spiro atoms. The van der Waals surface area contributed by atoms with Crippen LogP contribution in [0.5, 0.6) is 0 Å². The van der Waals surface area contributed by atoms with E-state index in [2.05, 4.69) is 43.2 Å². The number of nitrogens with zero attached hydrogens (tertiary/aromatic N) is 1. The molecule has 5 atom stereocenters. The van der Waals surface area contributed by atoms with E-state index in [1.807, 2.05) is 42.6 Å². The number of carbonyl (C=O) groups excluding carboxylic acids is 1. The molecule has 1 aromatic heterocycles. The molecule has 0 unspecified atom stereocenters. The summed E-state index contributed by atoms with van der Waals surface area (Å²) in [4.78, 5) is 16.6. The lowest BCUT2D eigenvalue weighted by molar-refractivity contribution is -0.165. The quantitative estimate of drug-likeness (QED) is 0.723. The van der Waals surface area contributed by atoms with Gasteiger partial charge in [0.05, 0.1) is 12.7 Å². The zero-order valence-electron chi connectivity index (χ0n) is 17.2. The number of pyridine rings is 1. The summed E-state index contributed by atoms with van der Waals surface area (Å²) in [7, 11) is 0. The Bertz CT molecular complexity index is 884. The minimum absolute atomic E-state index is 0.0197. The third-order valence-corrected chi connectivity index (χ3v) is 6.75. The SMILES string of the molecule is CC1=C[C@H](C)[C@@]2(COC(=O)Nc3ccccc3)CO[C@@H](c3cccnc3)[C@H]1[C@@H]2C. The van der Waals surface area contributed by atoms with E-state index >= 15 is 0 Å². The first-order valence-electron chi connectivity index (χ1n) is 10.2. The van der Waals surface area contributed by atoms with Crippen LogP contribution in [0, 0.1) is 23.2 Å². The highest BCUT2D eigenvalue weighted by molar-refractivity contribution is 5.84. The minimum Gasteiger partial charge on any atom is -0.449 e. The van der Waals surface area contributed by atoms with Crippen molar-refractivity contribution in [3.8, 4) is 0 Å². The molecule has 1 N–H and O–H groups in total. The normalized spacial score (nSPS) is 30.9. The van der Waals surface area contributed by atoms with Crippen molar-refractivity contribution in [3.05, 3.63) is 72.1 Å². The summed E-state index contributed by atoms with van der Waals surface area (Å²) in [5.41, 5.74) is 2.92. The van der Waals surface area contributed by atoms with Gasteiger partial charge in [-0.25, -0.2) is 4.79 Å². The summed E-state index contributed by atoms with van der Waals surface area (Å²) in [5.74, 6) is 0.809. The fourth-order valence-electron chi connectivity index (χ4n) is 4.98. The van der Waals surface area contributed by atoms with E-state index in [-0.39, 0.29) is 23.4 Å². The van der Waals surface area contributed by atoms with Gasteiger partial charge in [-0.05, 0) is 42.5 Å². The van der Waals surface area contributed by atoms with E-state index in [0.717, 1.165) is 11.3 Å². The van der Waals surface area contributed by atoms with Crippen LogP contribution in [0.1, 0.15) is 32.4 Å². The van der Waals surface area contributed by atoms with Crippen molar-refractivity contribution in [1.29, 1.82) is 0 Å². The molecule has 2 aliphatic rings. The second kappa shape index (κ2) is 7.99. The zero-order chi connectivity index (χ0) is 20.4. The highest BCUT2D eigenvalue weighted by Crippen LogP contribution is 2.56. The van der Waals surface area contributed by atoms with E-state index in [1.165, 1.54) is 5.57 Å². The van der Waals surface area contributed by atoms with E-state index in [1.54, 1.807) is 6.20 Å². The molecule has 1 aliphatic heterocycles. The number of anilines is 1. The van der Waals surface area contributed by atoms with Crippen LogP contribution < -0.4 is 5.32 Å². The maximum atomic E-state index is 12.4. The maximum Gasteiger partial charge on any atom is 0.411 e. The Balaban J connectivity index is 1.52. The molecule has 152 valence electrons. The largest absolute Gasteiger partial charge is 0.449 e. The molecule has 1 aromatic carbocycles. The molecule has 1 fully saturated rings. The highest BCUT2D eigenvalue weighted by Gasteiger charge is 2.54. The second-order valence-electron chi connectivity index (χ2n) is 8.33. The number of rotatable bonds is 4. The molecular formula is C24H28N2O3. The first kappa shape index (κ1) is 19.6. The van der Waals surface area contributed by atoms with Crippen LogP contribution >= 0.6 is 0 Å². The number of amides is 1. The first-order chi connectivity index (χ1) is 14.0. The smallest absolute Gasteiger partial charge is 0.411 e. The van der Waals surface area contributed by atoms with Crippen LogP contribution in [-0.4, -0.2) is 24.3 Å². The summed E-state index contributed by atoms with van der Waals surface area (Å²) in [6.07, 6.45) is 5.55. The van der Waals surface area contributed by atoms with Gasteiger partial charge < -0.3 is 9.47 Å². The van der Waals surface area contributed by atoms with Crippen LogP contribution in [-0.2, 0) is 9.47 Å². The number of ether oxygens (including phenoxy) is 2. The van der Waals surface area contributed by atoms with Gasteiger partial charge in [-0.15, -0.1) is 0 Å². The van der Waals surface area contributed by atoms with Crippen molar-refractivity contribution >= 4 is 11.8 Å². The lowest BCUT2D eigenvalue weighted by Gasteiger charge is -2.55. The molecular weight excluding hydrogens is 364 g/mol. The average Bonchev–Trinajstić information content (AvgIpc) is 2.73. The fraction of sp³-hybridized carbons (Fsp3) is 0.417. The van der Waals surface area contributed by atoms with Crippen LogP contribution in [0.4, 0.5) is 10.5 Å². The van der Waals surface area contributed by atoms with E-state index in [9.17, 15) is 4.79 Å². The van der Waals surface area contributed by atoms with E-state index in [4.69, 9.17) is 9.47 Å². The number of carbonyl (C=O) groups is 1. The fourth-order valence-corrected chi connectivity index (χ4v) is 4.98. The number of allylic oxidation sites excluding steroid dienone is 1. The average molecular weight is 392 g/mol. The van der Waals surface area contributed by atoms with Gasteiger partial charge in [0, 0.05) is 29.4 Å². The van der Waals surface area contributed by atoms with Crippen molar-refractivity contribution in [2.24, 2.45) is 23.2 Å². The predicted molar refractivity (Wildman–Crippen MR) is 112 cm³/mol. The van der Waals surface area contributed by atoms with Crippen LogP contribution in [0.25, 0.3) is 0 Å². The Morgan fingerprint density at radius 1 is 1.24 bits per heavy atom. The topological polar surface area (TPSA) is 60.5 Å². The summed E-state index contributed by atoms with van der Waals surface area (Å²) < 4.78 is 12.1. The van der Waals surface area contributed by atoms with E-state index < -0.39 is 6.09 Å². The Hall–Kier alpha value is -2.66. The summed E-state index contributed by atoms with van der Waals surface area (Å²) in [5, 5.41) is 2.80. The van der Waals surface area contributed by atoms with Crippen molar-refractivity contribution in [2.45, 2.75) is 26.9 Å². The molecule has 1 amide bonds. The zero-order valence-corrected chi connectivity index (χ0v) is 17.2. The van der Waals surface area contributed by atoms with Crippen molar-refractivity contribution in [1.82, 2.24) is 4.98 Å². The van der Waals surface area contributed by atoms with Gasteiger partial charge in [-0.3, -0.25) is 10.3 Å². The van der Waals surface area contributed by atoms with Gasteiger partial charge in [0.1, 0.15) is 6.61 Å². The molecule has 0 saturated carbocycles. The second-order valence-corrected chi connectivity index (χ2v) is 8.33. The molecule has 4 rings (SSSR count). The third kappa shape index (κ3) is 3.67. The lowest BCUT2D eigenvalue weighted by Crippen LogP contribution is -2.54. The molecule has 5 heteroatoms. The highest BCUT2D eigenvalue weighted by atomic mass is 16.6. The van der Waals surface area contributed by atoms with Crippen LogP contribution in [0.3, 0.4) is 0 Å². The lowest BCUT2D eigenvalue weighted by atomic mass is 9.56. The molecule has 2 bridgehead atoms. The Morgan fingerprint density at radius 3 is 2.76 bits per heavy atom. The molecule has 1 saturated heterocycles. The summed E-state index contributed by atoms with van der Waals surface area (Å²) in [6, 6.07) is 13.4. The number of hydrogen-bond acceptors (Lipinski definition) is 4. The number of para-hydroxylation sites is 1. The molecule has 0 radical (unpaired) electrons. The van der Waals surface area contributed by atoms with Gasteiger partial charge in [0.25, 0.3) is 0 Å². The Labute approximate surface area is 172 Å². The number of fused-ring (bicyclic) bond motifs is 2. The molecule has 2 heterocycles. The van der Waals surface area contributed by atoms with Crippen molar-refractivity contribution in [2.75, 3.05) is 18.5 Å². The number of hydrogen-bond donors (Lipinski definition) is 1. The van der Waals surface area contributed by atoms with E-state index in [0.29, 0.717) is 19.1 Å². The summed E-state index contributed by atoms with van der Waals surface area (Å²) in [6.45, 7) is 7.52. The van der Waals surface area contributed by atoms with Gasteiger partial charge >= 0.3 is 6.09 Å². The number of benzene rings is 1. The van der Waals surface area contributed by atoms with Gasteiger partial charge in [0.15, 0.2) is 0 Å². The maximum absolute atomic E-state index is 12.4. The molecule has 29 heavy (non-hydrogen) atoms. The molecule has 5 nitrogen and oxygen atoms in total. The number of aromatic nitrogens is 1. The Kier molecular flexibility index (Phi) is 5.41. The van der Waals surface area contributed by atoms with Crippen molar-refractivity contribution < 1.29 is 14.3 Å². The Morgan fingerprint density at radius 2 is 2.03 bits per heavy atom. The first-order valence-corrected chi connectivity index (χ1v) is 10.2. The monoisotopic (exact) mass is 392 g/mol. The minimum atomic E-state index is -0.429. The van der Waals surface area contributed by atoms with Gasteiger partial charge in [-0.1, -0.05) is 49.8 Å².